The fraction of sp³-hybridized carbons (Fsp3) is 0.118. The quantitative estimate of drug-likeness (QED) is 0.637. The fourth-order valence-corrected chi connectivity index (χ4v) is 2.49. The summed E-state index contributed by atoms with van der Waals surface area (Å²) >= 11 is 6.32. The molecule has 2 rings (SSSR count). The van der Waals surface area contributed by atoms with Crippen LogP contribution in [0.4, 0.5) is 0 Å². The number of esters is 1. The first-order valence-corrected chi connectivity index (χ1v) is 7.18. The van der Waals surface area contributed by atoms with E-state index in [2.05, 4.69) is 16.3 Å². The molecule has 0 spiro atoms. The van der Waals surface area contributed by atoms with Crippen LogP contribution in [0.15, 0.2) is 48.7 Å². The highest BCUT2D eigenvalue weighted by Gasteiger charge is 2.24. The summed E-state index contributed by atoms with van der Waals surface area (Å²) in [6, 6.07) is 7.56. The van der Waals surface area contributed by atoms with Crippen molar-refractivity contribution in [2.24, 2.45) is 0 Å². The van der Waals surface area contributed by atoms with E-state index in [1.165, 1.54) is 31.5 Å². The number of aliphatic hydroxyl groups is 1. The molecule has 1 aromatic heterocycles. The van der Waals surface area contributed by atoms with E-state index in [0.29, 0.717) is 5.56 Å². The number of hydrogen-bond donors (Lipinski definition) is 2. The van der Waals surface area contributed by atoms with E-state index in [9.17, 15) is 19.8 Å². The lowest BCUT2D eigenvalue weighted by Crippen LogP contribution is -2.12. The summed E-state index contributed by atoms with van der Waals surface area (Å²) in [6.45, 7) is 3.50. The first-order chi connectivity index (χ1) is 11.4. The molecule has 0 radical (unpaired) electrons. The van der Waals surface area contributed by atoms with Gasteiger partial charge in [-0.15, -0.1) is 0 Å². The molecule has 1 heterocycles. The smallest absolute Gasteiger partial charge is 0.337 e. The molecule has 0 fully saturated rings. The highest BCUT2D eigenvalue weighted by atomic mass is 35.5. The van der Waals surface area contributed by atoms with Crippen LogP contribution in [0.3, 0.4) is 0 Å². The van der Waals surface area contributed by atoms with Crippen LogP contribution in [0.2, 0.25) is 5.02 Å². The Morgan fingerprint density at radius 2 is 2.00 bits per heavy atom. The number of pyridine rings is 1. The number of methoxy groups -OCH3 is 1. The molecule has 6 nitrogen and oxygen atoms in total. The first-order valence-electron chi connectivity index (χ1n) is 6.80. The second-order valence-corrected chi connectivity index (χ2v) is 5.21. The maximum Gasteiger partial charge on any atom is 0.337 e. The summed E-state index contributed by atoms with van der Waals surface area (Å²) in [6.07, 6.45) is 0.0519. The van der Waals surface area contributed by atoms with Gasteiger partial charge in [0.2, 0.25) is 0 Å². The van der Waals surface area contributed by atoms with E-state index in [4.69, 9.17) is 11.6 Å². The molecule has 0 saturated carbocycles. The molecule has 124 valence electrons. The molecular formula is C17H14ClNO5. The summed E-state index contributed by atoms with van der Waals surface area (Å²) in [5.74, 6) is -1.92. The van der Waals surface area contributed by atoms with Crippen molar-refractivity contribution < 1.29 is 24.5 Å². The van der Waals surface area contributed by atoms with Gasteiger partial charge in [0.05, 0.1) is 29.0 Å². The molecule has 2 aromatic rings. The molecule has 0 aliphatic heterocycles. The molecule has 2 N–H and O–H groups in total. The van der Waals surface area contributed by atoms with Gasteiger partial charge in [-0.3, -0.25) is 4.98 Å². The Bertz CT molecular complexity index is 818. The third kappa shape index (κ3) is 3.29. The number of rotatable bonds is 5. The Hall–Kier alpha value is -2.70. The minimum atomic E-state index is -1.39. The number of ether oxygens (including phenoxy) is 1. The van der Waals surface area contributed by atoms with Gasteiger partial charge >= 0.3 is 11.9 Å². The van der Waals surface area contributed by atoms with E-state index in [1.54, 1.807) is 12.1 Å². The lowest BCUT2D eigenvalue weighted by molar-refractivity contribution is -0.137. The highest BCUT2D eigenvalue weighted by Crippen LogP contribution is 2.36. The molecule has 24 heavy (non-hydrogen) atoms. The van der Waals surface area contributed by atoms with Gasteiger partial charge < -0.3 is 14.9 Å². The Balaban J connectivity index is 2.56. The maximum absolute atomic E-state index is 11.5. The second-order valence-electron chi connectivity index (χ2n) is 4.83. The number of benzene rings is 1. The second kappa shape index (κ2) is 7.25. The van der Waals surface area contributed by atoms with Gasteiger partial charge in [0, 0.05) is 17.3 Å². The zero-order valence-corrected chi connectivity index (χ0v) is 13.4. The maximum atomic E-state index is 11.5. The topological polar surface area (TPSA) is 96.7 Å². The number of carboxylic acid groups (broad SMARTS) is 1. The van der Waals surface area contributed by atoms with Crippen LogP contribution in [0.5, 0.6) is 0 Å². The molecule has 1 aromatic carbocycles. The minimum absolute atomic E-state index is 0.0298. The number of aromatic carboxylic acids is 1. The molecular weight excluding hydrogens is 334 g/mol. The number of carbonyl (C=O) groups excluding carboxylic acids is 1. The largest absolute Gasteiger partial charge is 0.478 e. The summed E-state index contributed by atoms with van der Waals surface area (Å²) in [5.41, 5.74) is 0.469. The highest BCUT2D eigenvalue weighted by molar-refractivity contribution is 6.34. The Labute approximate surface area is 143 Å². The molecule has 0 aliphatic carbocycles. The zero-order chi connectivity index (χ0) is 17.9. The lowest BCUT2D eigenvalue weighted by Gasteiger charge is -2.16. The molecule has 1 atom stereocenters. The van der Waals surface area contributed by atoms with Gasteiger partial charge in [-0.25, -0.2) is 9.59 Å². The van der Waals surface area contributed by atoms with Crippen LogP contribution in [-0.2, 0) is 9.53 Å². The van der Waals surface area contributed by atoms with Crippen molar-refractivity contribution in [3.8, 4) is 11.3 Å². The number of carboxylic acids is 1. The van der Waals surface area contributed by atoms with Gasteiger partial charge in [0.25, 0.3) is 0 Å². The molecule has 0 amide bonds. The van der Waals surface area contributed by atoms with Crippen LogP contribution in [0, 0.1) is 0 Å². The van der Waals surface area contributed by atoms with Gasteiger partial charge in [0.1, 0.15) is 6.10 Å². The summed E-state index contributed by atoms with van der Waals surface area (Å²) in [7, 11) is 1.17. The zero-order valence-electron chi connectivity index (χ0n) is 12.7. The predicted molar refractivity (Wildman–Crippen MR) is 87.8 cm³/mol. The van der Waals surface area contributed by atoms with E-state index >= 15 is 0 Å². The SMILES string of the molecule is C=C(C(=O)OC)C(O)c1cccc(-c2ncccc2C(=O)O)c1Cl. The van der Waals surface area contributed by atoms with Crippen molar-refractivity contribution in [1.82, 2.24) is 4.98 Å². The molecule has 0 saturated heterocycles. The van der Waals surface area contributed by atoms with Crippen molar-refractivity contribution in [3.63, 3.8) is 0 Å². The lowest BCUT2D eigenvalue weighted by atomic mass is 9.97. The van der Waals surface area contributed by atoms with Crippen LogP contribution in [0.25, 0.3) is 11.3 Å². The van der Waals surface area contributed by atoms with E-state index in [-0.39, 0.29) is 27.4 Å². The average molecular weight is 348 g/mol. The van der Waals surface area contributed by atoms with Crippen LogP contribution < -0.4 is 0 Å². The normalized spacial score (nSPS) is 11.6. The average Bonchev–Trinajstić information content (AvgIpc) is 2.60. The van der Waals surface area contributed by atoms with Crippen LogP contribution >= 0.6 is 11.6 Å². The van der Waals surface area contributed by atoms with E-state index < -0.39 is 18.0 Å². The van der Waals surface area contributed by atoms with Crippen LogP contribution in [-0.4, -0.2) is 34.2 Å². The van der Waals surface area contributed by atoms with Crippen molar-refractivity contribution >= 4 is 23.5 Å². The van der Waals surface area contributed by atoms with Gasteiger partial charge in [-0.05, 0) is 12.1 Å². The van der Waals surface area contributed by atoms with Crippen molar-refractivity contribution in [2.75, 3.05) is 7.11 Å². The van der Waals surface area contributed by atoms with Crippen LogP contribution in [0.1, 0.15) is 22.0 Å². The summed E-state index contributed by atoms with van der Waals surface area (Å²) < 4.78 is 4.53. The number of carbonyl (C=O) groups is 2. The monoisotopic (exact) mass is 347 g/mol. The van der Waals surface area contributed by atoms with Gasteiger partial charge in [0.15, 0.2) is 0 Å². The van der Waals surface area contributed by atoms with Crippen molar-refractivity contribution in [1.29, 1.82) is 0 Å². The molecule has 1 unspecified atom stereocenters. The van der Waals surface area contributed by atoms with Gasteiger partial charge in [-0.1, -0.05) is 36.4 Å². The third-order valence-corrected chi connectivity index (χ3v) is 3.82. The summed E-state index contributed by atoms with van der Waals surface area (Å²) in [4.78, 5) is 26.9. The van der Waals surface area contributed by atoms with Crippen molar-refractivity contribution in [3.05, 3.63) is 64.8 Å². The Kier molecular flexibility index (Phi) is 5.33. The number of halogens is 1. The van der Waals surface area contributed by atoms with E-state index in [1.807, 2.05) is 0 Å². The number of aliphatic hydroxyl groups excluding tert-OH is 1. The fourth-order valence-electron chi connectivity index (χ4n) is 2.17. The number of aromatic nitrogens is 1. The third-order valence-electron chi connectivity index (χ3n) is 3.39. The Morgan fingerprint density at radius 1 is 1.29 bits per heavy atom. The number of nitrogens with zero attached hydrogens (tertiary/aromatic N) is 1. The molecule has 0 aliphatic rings. The van der Waals surface area contributed by atoms with E-state index in [0.717, 1.165) is 0 Å². The predicted octanol–water partition coefficient (Wildman–Crippen LogP) is 2.86. The van der Waals surface area contributed by atoms with Crippen molar-refractivity contribution in [2.45, 2.75) is 6.10 Å². The minimum Gasteiger partial charge on any atom is -0.478 e. The van der Waals surface area contributed by atoms with Gasteiger partial charge in [-0.2, -0.15) is 0 Å². The number of hydrogen-bond acceptors (Lipinski definition) is 5. The molecule has 0 bridgehead atoms. The standard InChI is InChI=1S/C17H14ClNO5/c1-9(17(23)24-2)15(20)11-6-3-5-10(13(11)18)14-12(16(21)22)7-4-8-19-14/h3-8,15,20H,1H2,2H3,(H,21,22). The first kappa shape index (κ1) is 17.7. The summed E-state index contributed by atoms with van der Waals surface area (Å²) in [5, 5.41) is 19.7. The Morgan fingerprint density at radius 3 is 2.62 bits per heavy atom. The molecule has 7 heteroatoms.